The second-order valence-electron chi connectivity index (χ2n) is 6.96. The second-order valence-corrected chi connectivity index (χ2v) is 8.97. The molecule has 0 spiro atoms. The van der Waals surface area contributed by atoms with Crippen LogP contribution in [0.4, 0.5) is 11.4 Å². The van der Waals surface area contributed by atoms with Crippen LogP contribution in [-0.2, 0) is 21.3 Å². The number of carbonyl (C=O) groups is 1. The zero-order valence-electron chi connectivity index (χ0n) is 17.2. The summed E-state index contributed by atoms with van der Waals surface area (Å²) in [6, 6.07) is 12.3. The van der Waals surface area contributed by atoms with Crippen LogP contribution in [0.15, 0.2) is 42.5 Å². The Hall–Kier alpha value is -2.62. The van der Waals surface area contributed by atoms with Crippen molar-refractivity contribution in [2.24, 2.45) is 0 Å². The van der Waals surface area contributed by atoms with Crippen molar-refractivity contribution >= 4 is 27.3 Å². The van der Waals surface area contributed by atoms with Gasteiger partial charge >= 0.3 is 0 Å². The lowest BCUT2D eigenvalue weighted by atomic mass is 10.1. The number of benzene rings is 2. The molecule has 0 aromatic heterocycles. The predicted octanol–water partition coefficient (Wildman–Crippen LogP) is 2.54. The minimum atomic E-state index is -3.43. The van der Waals surface area contributed by atoms with E-state index in [9.17, 15) is 13.2 Å². The molecule has 8 nitrogen and oxygen atoms in total. The van der Waals surface area contributed by atoms with Crippen LogP contribution < -0.4 is 14.8 Å². The Kier molecular flexibility index (Phi) is 7.30. The molecular weight excluding hydrogens is 406 g/mol. The summed E-state index contributed by atoms with van der Waals surface area (Å²) in [7, 11) is -1.99. The third-order valence-electron chi connectivity index (χ3n) is 4.80. The topological polar surface area (TPSA) is 97.0 Å². The highest BCUT2D eigenvalue weighted by molar-refractivity contribution is 7.92. The first-order chi connectivity index (χ1) is 14.4. The van der Waals surface area contributed by atoms with E-state index in [1.807, 2.05) is 18.2 Å². The number of hydrogen-bond donors (Lipinski definition) is 2. The average molecular weight is 434 g/mol. The highest BCUT2D eigenvalue weighted by Crippen LogP contribution is 2.29. The van der Waals surface area contributed by atoms with Crippen molar-refractivity contribution in [3.8, 4) is 5.75 Å². The van der Waals surface area contributed by atoms with Gasteiger partial charge < -0.3 is 14.8 Å². The predicted molar refractivity (Wildman–Crippen MR) is 117 cm³/mol. The zero-order chi connectivity index (χ0) is 21.6. The molecule has 1 heterocycles. The molecule has 9 heteroatoms. The summed E-state index contributed by atoms with van der Waals surface area (Å²) in [4.78, 5) is 15.0. The monoisotopic (exact) mass is 433 g/mol. The maximum Gasteiger partial charge on any atom is 0.255 e. The van der Waals surface area contributed by atoms with E-state index in [0.29, 0.717) is 22.7 Å². The van der Waals surface area contributed by atoms with E-state index in [2.05, 4.69) is 14.9 Å². The van der Waals surface area contributed by atoms with Gasteiger partial charge in [0.25, 0.3) is 5.91 Å². The van der Waals surface area contributed by atoms with Crippen LogP contribution in [0.5, 0.6) is 5.75 Å². The van der Waals surface area contributed by atoms with Crippen molar-refractivity contribution in [3.05, 3.63) is 53.6 Å². The zero-order valence-corrected chi connectivity index (χ0v) is 18.0. The number of anilines is 2. The molecule has 1 aliphatic rings. The fourth-order valence-corrected chi connectivity index (χ4v) is 3.77. The lowest BCUT2D eigenvalue weighted by Crippen LogP contribution is -2.35. The average Bonchev–Trinajstić information content (AvgIpc) is 2.75. The van der Waals surface area contributed by atoms with E-state index < -0.39 is 10.0 Å². The molecule has 0 atom stereocenters. The number of hydrogen-bond acceptors (Lipinski definition) is 6. The summed E-state index contributed by atoms with van der Waals surface area (Å²) in [6.07, 6.45) is 0. The minimum Gasteiger partial charge on any atom is -0.494 e. The number of nitrogens with zero attached hydrogens (tertiary/aromatic N) is 1. The van der Waals surface area contributed by atoms with Crippen molar-refractivity contribution in [1.29, 1.82) is 0 Å². The van der Waals surface area contributed by atoms with E-state index in [1.54, 1.807) is 31.2 Å². The number of sulfonamides is 1. The lowest BCUT2D eigenvalue weighted by Gasteiger charge is -2.26. The van der Waals surface area contributed by atoms with Crippen molar-refractivity contribution in [3.63, 3.8) is 0 Å². The number of nitrogens with one attached hydrogen (secondary N) is 2. The Morgan fingerprint density at radius 1 is 1.17 bits per heavy atom. The molecule has 0 unspecified atom stereocenters. The molecular formula is C21H27N3O5S. The van der Waals surface area contributed by atoms with Crippen molar-refractivity contribution in [1.82, 2.24) is 4.90 Å². The molecule has 2 aromatic carbocycles. The summed E-state index contributed by atoms with van der Waals surface area (Å²) in [5.41, 5.74) is 2.45. The van der Waals surface area contributed by atoms with Crippen molar-refractivity contribution < 1.29 is 22.7 Å². The molecule has 0 saturated carbocycles. The second kappa shape index (κ2) is 9.92. The Balaban J connectivity index is 1.70. The van der Waals surface area contributed by atoms with Crippen LogP contribution >= 0.6 is 0 Å². The van der Waals surface area contributed by atoms with Crippen LogP contribution in [0.1, 0.15) is 22.8 Å². The Morgan fingerprint density at radius 3 is 2.63 bits per heavy atom. The molecule has 30 heavy (non-hydrogen) atoms. The van der Waals surface area contributed by atoms with E-state index in [0.717, 1.165) is 38.4 Å². The van der Waals surface area contributed by atoms with Gasteiger partial charge in [-0.1, -0.05) is 12.1 Å². The largest absolute Gasteiger partial charge is 0.494 e. The molecule has 1 aliphatic heterocycles. The number of amides is 1. The van der Waals surface area contributed by atoms with Gasteiger partial charge in [0.05, 0.1) is 31.8 Å². The quantitative estimate of drug-likeness (QED) is 0.664. The molecule has 1 amide bonds. The number of carbonyl (C=O) groups excluding carboxylic acids is 1. The van der Waals surface area contributed by atoms with Gasteiger partial charge in [0.2, 0.25) is 10.0 Å². The van der Waals surface area contributed by atoms with Crippen molar-refractivity contribution in [2.45, 2.75) is 13.5 Å². The van der Waals surface area contributed by atoms with Gasteiger partial charge in [0.15, 0.2) is 0 Å². The maximum absolute atomic E-state index is 12.7. The smallest absolute Gasteiger partial charge is 0.255 e. The summed E-state index contributed by atoms with van der Waals surface area (Å²) < 4.78 is 36.7. The van der Waals surface area contributed by atoms with Gasteiger partial charge in [-0.05, 0) is 36.8 Å². The summed E-state index contributed by atoms with van der Waals surface area (Å²) in [5.74, 6) is 0.0313. The molecule has 0 aliphatic carbocycles. The third kappa shape index (κ3) is 5.94. The molecule has 3 rings (SSSR count). The lowest BCUT2D eigenvalue weighted by molar-refractivity contribution is 0.0342. The minimum absolute atomic E-state index is 0.0462. The van der Waals surface area contributed by atoms with E-state index in [-0.39, 0.29) is 11.7 Å². The van der Waals surface area contributed by atoms with Crippen molar-refractivity contribution in [2.75, 3.05) is 49.2 Å². The number of methoxy groups -OCH3 is 1. The summed E-state index contributed by atoms with van der Waals surface area (Å²) in [6.45, 7) is 5.54. The maximum atomic E-state index is 12.7. The van der Waals surface area contributed by atoms with Crippen LogP contribution in [0, 0.1) is 0 Å². The van der Waals surface area contributed by atoms with Crippen LogP contribution in [0.2, 0.25) is 0 Å². The van der Waals surface area contributed by atoms with Gasteiger partial charge in [-0.2, -0.15) is 0 Å². The number of rotatable bonds is 8. The van der Waals surface area contributed by atoms with Gasteiger partial charge in [-0.3, -0.25) is 14.4 Å². The van der Waals surface area contributed by atoms with Gasteiger partial charge in [0, 0.05) is 37.0 Å². The van der Waals surface area contributed by atoms with E-state index in [4.69, 9.17) is 9.47 Å². The molecule has 1 saturated heterocycles. The molecule has 0 bridgehead atoms. The van der Waals surface area contributed by atoms with Gasteiger partial charge in [-0.15, -0.1) is 0 Å². The highest BCUT2D eigenvalue weighted by Gasteiger charge is 2.15. The molecule has 2 aromatic rings. The highest BCUT2D eigenvalue weighted by atomic mass is 32.2. The SMILES string of the molecule is CCS(=O)(=O)Nc1ccc(NC(=O)c2cccc(CN3CCOCC3)c2)cc1OC. The van der Waals surface area contributed by atoms with Gasteiger partial charge in [-0.25, -0.2) is 8.42 Å². The standard InChI is InChI=1S/C21H27N3O5S/c1-3-30(26,27)23-19-8-7-18(14-20(19)28-2)22-21(25)17-6-4-5-16(13-17)15-24-9-11-29-12-10-24/h4-8,13-14,23H,3,9-12,15H2,1-2H3,(H,22,25). The van der Waals surface area contributed by atoms with Gasteiger partial charge in [0.1, 0.15) is 5.75 Å². The van der Waals surface area contributed by atoms with E-state index in [1.165, 1.54) is 7.11 Å². The molecule has 0 radical (unpaired) electrons. The van der Waals surface area contributed by atoms with E-state index >= 15 is 0 Å². The Labute approximate surface area is 177 Å². The first-order valence-corrected chi connectivity index (χ1v) is 11.4. The summed E-state index contributed by atoms with van der Waals surface area (Å²) >= 11 is 0. The van der Waals surface area contributed by atoms with Crippen LogP contribution in [0.3, 0.4) is 0 Å². The number of morpholine rings is 1. The Bertz CT molecular complexity index is 988. The summed E-state index contributed by atoms with van der Waals surface area (Å²) in [5, 5.41) is 2.84. The molecule has 1 fully saturated rings. The molecule has 162 valence electrons. The fraction of sp³-hybridized carbons (Fsp3) is 0.381. The Morgan fingerprint density at radius 2 is 1.93 bits per heavy atom. The normalized spacial score (nSPS) is 14.9. The van der Waals surface area contributed by atoms with Crippen LogP contribution in [-0.4, -0.2) is 58.4 Å². The fourth-order valence-electron chi connectivity index (χ4n) is 3.12. The number of ether oxygens (including phenoxy) is 2. The van der Waals surface area contributed by atoms with Crippen LogP contribution in [0.25, 0.3) is 0 Å². The first-order valence-electron chi connectivity index (χ1n) is 9.79. The third-order valence-corrected chi connectivity index (χ3v) is 6.09. The molecule has 2 N–H and O–H groups in total. The first kappa shape index (κ1) is 22.1.